The van der Waals surface area contributed by atoms with Gasteiger partial charge in [-0.1, -0.05) is 0 Å². The number of carbonyl (C=O) groups excluding carboxylic acids is 1. The molecule has 1 aromatic rings. The lowest BCUT2D eigenvalue weighted by Gasteiger charge is -2.18. The number of halogens is 2. The van der Waals surface area contributed by atoms with Crippen LogP contribution in [0, 0.1) is 17.6 Å². The van der Waals surface area contributed by atoms with Crippen LogP contribution in [0.15, 0.2) is 18.2 Å². The number of carbonyl (C=O) groups is 1. The molecule has 3 N–H and O–H groups in total. The molecule has 21 heavy (non-hydrogen) atoms. The topological polar surface area (TPSA) is 70.6 Å². The number of hydrogen-bond donors (Lipinski definition) is 3. The highest BCUT2D eigenvalue weighted by Crippen LogP contribution is 2.17. The zero-order valence-corrected chi connectivity index (χ0v) is 11.6. The van der Waals surface area contributed by atoms with E-state index in [0.29, 0.717) is 19.6 Å². The minimum atomic E-state index is -1.03. The maximum Gasteiger partial charge on any atom is 0.260 e. The average molecular weight is 300 g/mol. The van der Waals surface area contributed by atoms with Gasteiger partial charge in [-0.25, -0.2) is 8.78 Å². The molecule has 3 unspecified atom stereocenters. The second kappa shape index (κ2) is 6.82. The number of aliphatic hydroxyl groups is 1. The van der Waals surface area contributed by atoms with Crippen LogP contribution >= 0.6 is 0 Å². The standard InChI is InChI=1S/C14H18F2N2O3/c1-8(21-10-2-3-11(15)12(16)4-10)14(20)18-6-9-5-17-7-13(9)19/h2-4,8-9,13,17,19H,5-7H2,1H3,(H,18,20). The van der Waals surface area contributed by atoms with E-state index in [4.69, 9.17) is 4.74 Å². The molecule has 1 heterocycles. The van der Waals surface area contributed by atoms with Crippen LogP contribution in [0.1, 0.15) is 6.92 Å². The van der Waals surface area contributed by atoms with Crippen LogP contribution in [0.5, 0.6) is 5.75 Å². The third-order valence-corrected chi connectivity index (χ3v) is 3.42. The molecule has 0 aromatic heterocycles. The quantitative estimate of drug-likeness (QED) is 0.737. The Balaban J connectivity index is 1.83. The monoisotopic (exact) mass is 300 g/mol. The van der Waals surface area contributed by atoms with Gasteiger partial charge in [0.2, 0.25) is 0 Å². The largest absolute Gasteiger partial charge is 0.481 e. The smallest absolute Gasteiger partial charge is 0.260 e. The van der Waals surface area contributed by atoms with E-state index in [1.807, 2.05) is 0 Å². The third kappa shape index (κ3) is 4.12. The summed E-state index contributed by atoms with van der Waals surface area (Å²) in [5.41, 5.74) is 0. The van der Waals surface area contributed by atoms with Crippen molar-refractivity contribution in [3.05, 3.63) is 29.8 Å². The fourth-order valence-corrected chi connectivity index (χ4v) is 2.11. The van der Waals surface area contributed by atoms with E-state index < -0.39 is 23.8 Å². The van der Waals surface area contributed by atoms with E-state index in [0.717, 1.165) is 12.1 Å². The Labute approximate surface area is 121 Å². The van der Waals surface area contributed by atoms with E-state index in [9.17, 15) is 18.7 Å². The van der Waals surface area contributed by atoms with Crippen LogP contribution < -0.4 is 15.4 Å². The van der Waals surface area contributed by atoms with Crippen molar-refractivity contribution < 1.29 is 23.4 Å². The van der Waals surface area contributed by atoms with Gasteiger partial charge in [0.05, 0.1) is 6.10 Å². The van der Waals surface area contributed by atoms with Crippen LogP contribution in [0.4, 0.5) is 8.78 Å². The lowest BCUT2D eigenvalue weighted by atomic mass is 10.1. The second-order valence-electron chi connectivity index (χ2n) is 5.07. The fourth-order valence-electron chi connectivity index (χ4n) is 2.11. The molecule has 0 aliphatic carbocycles. The SMILES string of the molecule is CC(Oc1ccc(F)c(F)c1)C(=O)NCC1CNCC1O. The Bertz CT molecular complexity index is 513. The summed E-state index contributed by atoms with van der Waals surface area (Å²) in [5, 5.41) is 15.3. The van der Waals surface area contributed by atoms with Crippen molar-refractivity contribution in [3.8, 4) is 5.75 Å². The molecule has 1 aliphatic heterocycles. The molecule has 116 valence electrons. The Morgan fingerprint density at radius 2 is 2.24 bits per heavy atom. The minimum Gasteiger partial charge on any atom is -0.481 e. The summed E-state index contributed by atoms with van der Waals surface area (Å²) in [6.07, 6.45) is -1.32. The van der Waals surface area contributed by atoms with E-state index in [-0.39, 0.29) is 17.6 Å². The van der Waals surface area contributed by atoms with Gasteiger partial charge in [-0.05, 0) is 19.1 Å². The highest BCUT2D eigenvalue weighted by molar-refractivity contribution is 5.80. The number of ether oxygens (including phenoxy) is 1. The molecule has 2 rings (SSSR count). The van der Waals surface area contributed by atoms with Crippen molar-refractivity contribution in [1.29, 1.82) is 0 Å². The van der Waals surface area contributed by atoms with Crippen molar-refractivity contribution >= 4 is 5.91 Å². The first-order valence-electron chi connectivity index (χ1n) is 6.75. The molecule has 1 fully saturated rings. The minimum absolute atomic E-state index is 0.0376. The highest BCUT2D eigenvalue weighted by atomic mass is 19.2. The number of β-amino-alcohol motifs (C(OH)–C–C–N with tert-alkyl or cyclic N) is 1. The van der Waals surface area contributed by atoms with Gasteiger partial charge in [-0.3, -0.25) is 4.79 Å². The molecule has 3 atom stereocenters. The second-order valence-corrected chi connectivity index (χ2v) is 5.07. The Hall–Kier alpha value is -1.73. The molecule has 0 bridgehead atoms. The zero-order valence-electron chi connectivity index (χ0n) is 11.6. The molecule has 0 spiro atoms. The molecule has 1 aliphatic rings. The van der Waals surface area contributed by atoms with Gasteiger partial charge in [0.15, 0.2) is 17.7 Å². The van der Waals surface area contributed by atoms with Crippen molar-refractivity contribution in [1.82, 2.24) is 10.6 Å². The predicted octanol–water partition coefficient (Wildman–Crippen LogP) is 0.429. The van der Waals surface area contributed by atoms with Crippen molar-refractivity contribution in [3.63, 3.8) is 0 Å². The molecule has 5 nitrogen and oxygen atoms in total. The van der Waals surface area contributed by atoms with E-state index in [1.54, 1.807) is 0 Å². The summed E-state index contributed by atoms with van der Waals surface area (Å²) in [4.78, 5) is 11.9. The van der Waals surface area contributed by atoms with Gasteiger partial charge >= 0.3 is 0 Å². The highest BCUT2D eigenvalue weighted by Gasteiger charge is 2.26. The molecule has 0 radical (unpaired) electrons. The molecular weight excluding hydrogens is 282 g/mol. The molecule has 1 saturated heterocycles. The number of nitrogens with one attached hydrogen (secondary N) is 2. The van der Waals surface area contributed by atoms with Gasteiger partial charge in [0.25, 0.3) is 5.91 Å². The number of rotatable bonds is 5. The molecule has 0 saturated carbocycles. The first-order valence-corrected chi connectivity index (χ1v) is 6.75. The Kier molecular flexibility index (Phi) is 5.08. The first kappa shape index (κ1) is 15.7. The van der Waals surface area contributed by atoms with Gasteiger partial charge in [-0.15, -0.1) is 0 Å². The van der Waals surface area contributed by atoms with E-state index in [1.165, 1.54) is 13.0 Å². The maximum atomic E-state index is 13.0. The normalized spacial score (nSPS) is 22.9. The van der Waals surface area contributed by atoms with E-state index >= 15 is 0 Å². The van der Waals surface area contributed by atoms with Gasteiger partial charge in [-0.2, -0.15) is 0 Å². The predicted molar refractivity (Wildman–Crippen MR) is 71.8 cm³/mol. The first-order chi connectivity index (χ1) is 9.97. The number of amides is 1. The van der Waals surface area contributed by atoms with E-state index in [2.05, 4.69) is 10.6 Å². The summed E-state index contributed by atoms with van der Waals surface area (Å²) in [7, 11) is 0. The van der Waals surface area contributed by atoms with Crippen molar-refractivity contribution in [2.75, 3.05) is 19.6 Å². The van der Waals surface area contributed by atoms with Crippen LogP contribution in [0.3, 0.4) is 0 Å². The molecule has 1 aromatic carbocycles. The number of hydrogen-bond acceptors (Lipinski definition) is 4. The van der Waals surface area contributed by atoms with Gasteiger partial charge in [0, 0.05) is 31.6 Å². The fraction of sp³-hybridized carbons (Fsp3) is 0.500. The summed E-state index contributed by atoms with van der Waals surface area (Å²) < 4.78 is 31.1. The summed E-state index contributed by atoms with van der Waals surface area (Å²) >= 11 is 0. The number of benzene rings is 1. The lowest BCUT2D eigenvalue weighted by Crippen LogP contribution is -2.41. The summed E-state index contributed by atoms with van der Waals surface area (Å²) in [6, 6.07) is 3.09. The van der Waals surface area contributed by atoms with Crippen molar-refractivity contribution in [2.24, 2.45) is 5.92 Å². The van der Waals surface area contributed by atoms with Gasteiger partial charge in [0.1, 0.15) is 5.75 Å². The van der Waals surface area contributed by atoms with Crippen LogP contribution in [0.2, 0.25) is 0 Å². The van der Waals surface area contributed by atoms with Crippen LogP contribution in [-0.4, -0.2) is 42.9 Å². The summed E-state index contributed by atoms with van der Waals surface area (Å²) in [5.74, 6) is -2.33. The lowest BCUT2D eigenvalue weighted by molar-refractivity contribution is -0.127. The molecular formula is C14H18F2N2O3. The van der Waals surface area contributed by atoms with Crippen molar-refractivity contribution in [2.45, 2.75) is 19.1 Å². The Morgan fingerprint density at radius 3 is 2.86 bits per heavy atom. The third-order valence-electron chi connectivity index (χ3n) is 3.42. The number of aliphatic hydroxyl groups excluding tert-OH is 1. The van der Waals surface area contributed by atoms with Crippen LogP contribution in [-0.2, 0) is 4.79 Å². The zero-order chi connectivity index (χ0) is 15.4. The molecule has 1 amide bonds. The molecule has 7 heteroatoms. The maximum absolute atomic E-state index is 13.0. The summed E-state index contributed by atoms with van der Waals surface area (Å²) in [6.45, 7) is 3.00. The van der Waals surface area contributed by atoms with Gasteiger partial charge < -0.3 is 20.5 Å². The average Bonchev–Trinajstić information content (AvgIpc) is 2.85. The van der Waals surface area contributed by atoms with Crippen LogP contribution in [0.25, 0.3) is 0 Å². The Morgan fingerprint density at radius 1 is 1.48 bits per heavy atom.